The van der Waals surface area contributed by atoms with Gasteiger partial charge >= 0.3 is 12.1 Å². The Morgan fingerprint density at radius 3 is 2.19 bits per heavy atom. The van der Waals surface area contributed by atoms with Crippen LogP contribution in [0.5, 0.6) is 11.6 Å². The summed E-state index contributed by atoms with van der Waals surface area (Å²) in [6, 6.07) is 9.21. The second kappa shape index (κ2) is 15.5. The third-order valence-corrected chi connectivity index (χ3v) is 8.11. The van der Waals surface area contributed by atoms with Gasteiger partial charge in [-0.2, -0.15) is 0 Å². The summed E-state index contributed by atoms with van der Waals surface area (Å²) >= 11 is 12.6. The van der Waals surface area contributed by atoms with Gasteiger partial charge in [0.25, 0.3) is 0 Å². The van der Waals surface area contributed by atoms with Crippen LogP contribution in [-0.2, 0) is 25.5 Å². The van der Waals surface area contributed by atoms with Crippen molar-refractivity contribution >= 4 is 41.2 Å². The van der Waals surface area contributed by atoms with E-state index in [4.69, 9.17) is 42.4 Å². The molecule has 2 saturated heterocycles. The molecule has 0 radical (unpaired) electrons. The number of benzene rings is 1. The Kier molecular flexibility index (Phi) is 11.4. The first-order chi connectivity index (χ1) is 22.4. The lowest BCUT2D eigenvalue weighted by Crippen LogP contribution is -2.50. The molecule has 0 saturated carbocycles. The van der Waals surface area contributed by atoms with Gasteiger partial charge in [0.15, 0.2) is 5.75 Å². The van der Waals surface area contributed by atoms with Crippen molar-refractivity contribution in [1.29, 1.82) is 0 Å². The van der Waals surface area contributed by atoms with Crippen LogP contribution < -0.4 is 9.64 Å². The standard InChI is InChI=1S/C33H40Cl2N6O6/c1-33(2,3)47-32(43)41-11-9-40(10-12-41)31-36-18-27(19-37-31)46-29-14-22(13-28(38-29)23-15-24(34)17-25(35)16-23)20-39-7-5-26(6-8-39)45-21-30(42)44-4/h13-19,26H,5-12,20-21H2,1-4H3. The van der Waals surface area contributed by atoms with Crippen LogP contribution in [0, 0.1) is 0 Å². The number of methoxy groups -OCH3 is 1. The van der Waals surface area contributed by atoms with Gasteiger partial charge in [-0.25, -0.2) is 24.5 Å². The van der Waals surface area contributed by atoms with Crippen molar-refractivity contribution in [3.05, 3.63) is 58.3 Å². The second-order valence-corrected chi connectivity index (χ2v) is 13.4. The SMILES string of the molecule is COC(=O)COC1CCN(Cc2cc(Oc3cnc(N4CCN(C(=O)OC(C)(C)C)CC4)nc3)nc(-c3cc(Cl)cc(Cl)c3)c2)CC1. The first-order valence-corrected chi connectivity index (χ1v) is 16.3. The summed E-state index contributed by atoms with van der Waals surface area (Å²) in [5.74, 6) is 0.997. The molecule has 5 rings (SSSR count). The number of hydrogen-bond acceptors (Lipinski definition) is 11. The molecule has 1 aromatic carbocycles. The number of halogens is 2. The normalized spacial score (nSPS) is 16.2. The van der Waals surface area contributed by atoms with E-state index in [1.54, 1.807) is 23.4 Å². The molecule has 252 valence electrons. The Balaban J connectivity index is 1.25. The van der Waals surface area contributed by atoms with Gasteiger partial charge in [0.2, 0.25) is 11.8 Å². The number of piperidine rings is 1. The molecule has 2 fully saturated rings. The van der Waals surface area contributed by atoms with E-state index in [-0.39, 0.29) is 24.8 Å². The molecule has 2 aliphatic heterocycles. The molecule has 0 aliphatic carbocycles. The lowest BCUT2D eigenvalue weighted by molar-refractivity contribution is -0.149. The van der Waals surface area contributed by atoms with E-state index in [1.807, 2.05) is 49.9 Å². The highest BCUT2D eigenvalue weighted by Gasteiger charge is 2.27. The molecule has 0 spiro atoms. The van der Waals surface area contributed by atoms with Gasteiger partial charge in [0.05, 0.1) is 31.3 Å². The zero-order valence-electron chi connectivity index (χ0n) is 27.1. The number of anilines is 1. The molecule has 0 N–H and O–H groups in total. The van der Waals surface area contributed by atoms with E-state index in [1.165, 1.54) is 7.11 Å². The highest BCUT2D eigenvalue weighted by atomic mass is 35.5. The lowest BCUT2D eigenvalue weighted by Gasteiger charge is -2.35. The molecule has 14 heteroatoms. The van der Waals surface area contributed by atoms with Crippen LogP contribution in [-0.4, -0.2) is 102 Å². The number of esters is 1. The van der Waals surface area contributed by atoms with Crippen LogP contribution in [0.15, 0.2) is 42.7 Å². The Morgan fingerprint density at radius 1 is 0.915 bits per heavy atom. The molecule has 0 unspecified atom stereocenters. The smallest absolute Gasteiger partial charge is 0.410 e. The monoisotopic (exact) mass is 686 g/mol. The number of rotatable bonds is 9. The summed E-state index contributed by atoms with van der Waals surface area (Å²) in [5.41, 5.74) is 1.89. The Hall–Kier alpha value is -3.71. The third kappa shape index (κ3) is 10.1. The number of likely N-dealkylation sites (tertiary alicyclic amines) is 1. The second-order valence-electron chi connectivity index (χ2n) is 12.5. The van der Waals surface area contributed by atoms with Gasteiger partial charge in [-0.3, -0.25) is 4.90 Å². The van der Waals surface area contributed by atoms with Crippen LogP contribution in [0.25, 0.3) is 11.3 Å². The van der Waals surface area contributed by atoms with Gasteiger partial charge in [-0.1, -0.05) is 23.2 Å². The maximum absolute atomic E-state index is 12.4. The number of pyridine rings is 1. The molecular weight excluding hydrogens is 647 g/mol. The van der Waals surface area contributed by atoms with E-state index in [9.17, 15) is 9.59 Å². The zero-order valence-corrected chi connectivity index (χ0v) is 28.6. The molecule has 12 nitrogen and oxygen atoms in total. The predicted molar refractivity (Wildman–Crippen MR) is 178 cm³/mol. The quantitative estimate of drug-likeness (QED) is 0.252. The topological polar surface area (TPSA) is 119 Å². The first-order valence-electron chi connectivity index (χ1n) is 15.5. The maximum atomic E-state index is 12.4. The van der Waals surface area contributed by atoms with Crippen LogP contribution >= 0.6 is 23.2 Å². The minimum atomic E-state index is -0.538. The van der Waals surface area contributed by atoms with Gasteiger partial charge in [-0.05, 0) is 63.4 Å². The molecule has 47 heavy (non-hydrogen) atoms. The Labute approximate surface area is 284 Å². The van der Waals surface area contributed by atoms with Gasteiger partial charge in [0.1, 0.15) is 12.2 Å². The summed E-state index contributed by atoms with van der Waals surface area (Å²) in [4.78, 5) is 43.7. The van der Waals surface area contributed by atoms with Crippen molar-refractivity contribution in [1.82, 2.24) is 24.8 Å². The highest BCUT2D eigenvalue weighted by Crippen LogP contribution is 2.31. The van der Waals surface area contributed by atoms with Crippen LogP contribution in [0.4, 0.5) is 10.7 Å². The van der Waals surface area contributed by atoms with Gasteiger partial charge in [0, 0.05) is 67.5 Å². The average molecular weight is 688 g/mol. The molecule has 2 aromatic heterocycles. The van der Waals surface area contributed by atoms with Crippen molar-refractivity contribution in [2.45, 2.75) is 51.9 Å². The van der Waals surface area contributed by atoms with Gasteiger partial charge < -0.3 is 28.7 Å². The molecule has 2 aliphatic rings. The number of aromatic nitrogens is 3. The lowest BCUT2D eigenvalue weighted by atomic mass is 10.1. The third-order valence-electron chi connectivity index (χ3n) is 7.68. The summed E-state index contributed by atoms with van der Waals surface area (Å²) in [7, 11) is 1.35. The molecule has 3 aromatic rings. The first kappa shape index (κ1) is 34.6. The number of carbonyl (C=O) groups excluding carboxylic acids is 2. The number of carbonyl (C=O) groups is 2. The highest BCUT2D eigenvalue weighted by molar-refractivity contribution is 6.35. The van der Waals surface area contributed by atoms with E-state index in [0.29, 0.717) is 66.0 Å². The maximum Gasteiger partial charge on any atom is 0.410 e. The fourth-order valence-corrected chi connectivity index (χ4v) is 5.88. The summed E-state index contributed by atoms with van der Waals surface area (Å²) in [6.45, 7) is 10.0. The van der Waals surface area contributed by atoms with E-state index in [2.05, 4.69) is 19.6 Å². The fourth-order valence-electron chi connectivity index (χ4n) is 5.35. The zero-order chi connectivity index (χ0) is 33.6. The molecular formula is C33H40Cl2N6O6. The number of nitrogens with zero attached hydrogens (tertiary/aromatic N) is 6. The minimum Gasteiger partial charge on any atom is -0.467 e. The number of piperazine rings is 1. The van der Waals surface area contributed by atoms with Crippen molar-refractivity contribution in [3.8, 4) is 22.9 Å². The van der Waals surface area contributed by atoms with Crippen molar-refractivity contribution in [3.63, 3.8) is 0 Å². The summed E-state index contributed by atoms with van der Waals surface area (Å²) < 4.78 is 22.1. The van der Waals surface area contributed by atoms with E-state index < -0.39 is 5.60 Å². The summed E-state index contributed by atoms with van der Waals surface area (Å²) in [6.07, 6.45) is 4.55. The summed E-state index contributed by atoms with van der Waals surface area (Å²) in [5, 5.41) is 1.01. The number of hydrogen-bond donors (Lipinski definition) is 0. The van der Waals surface area contributed by atoms with E-state index >= 15 is 0 Å². The fraction of sp³-hybridized carbons (Fsp3) is 0.485. The number of ether oxygens (including phenoxy) is 4. The van der Waals surface area contributed by atoms with Crippen molar-refractivity contribution in [2.75, 3.05) is 57.9 Å². The van der Waals surface area contributed by atoms with Crippen molar-refractivity contribution in [2.24, 2.45) is 0 Å². The van der Waals surface area contributed by atoms with Crippen molar-refractivity contribution < 1.29 is 28.5 Å². The van der Waals surface area contributed by atoms with Crippen LogP contribution in [0.2, 0.25) is 10.0 Å². The molecule has 0 atom stereocenters. The van der Waals surface area contributed by atoms with E-state index in [0.717, 1.165) is 37.1 Å². The van der Waals surface area contributed by atoms with Crippen LogP contribution in [0.3, 0.4) is 0 Å². The number of amides is 1. The molecule has 1 amide bonds. The van der Waals surface area contributed by atoms with Gasteiger partial charge in [-0.15, -0.1) is 0 Å². The Morgan fingerprint density at radius 2 is 1.57 bits per heavy atom. The predicted octanol–water partition coefficient (Wildman–Crippen LogP) is 5.85. The molecule has 4 heterocycles. The van der Waals surface area contributed by atoms with Crippen LogP contribution in [0.1, 0.15) is 39.2 Å². The minimum absolute atomic E-state index is 0.0164. The average Bonchev–Trinajstić information content (AvgIpc) is 3.03. The Bertz CT molecular complexity index is 1520. The largest absolute Gasteiger partial charge is 0.467 e. The molecule has 0 bridgehead atoms.